The molecule has 2 rings (SSSR count). The van der Waals surface area contributed by atoms with Gasteiger partial charge in [-0.2, -0.15) is 12.6 Å². The van der Waals surface area contributed by atoms with Crippen LogP contribution in [-0.2, 0) is 0 Å². The molecule has 0 amide bonds. The average molecular weight is 227 g/mol. The fourth-order valence-corrected chi connectivity index (χ4v) is 3.49. The number of nitrogens with zero attached hydrogens (tertiary/aromatic N) is 1. The van der Waals surface area contributed by atoms with Crippen molar-refractivity contribution >= 4 is 12.6 Å². The normalized spacial score (nSPS) is 27.6. The summed E-state index contributed by atoms with van der Waals surface area (Å²) in [6.45, 7) is 6.34. The molecule has 0 bridgehead atoms. The molecular formula is C13H25NS. The molecule has 0 spiro atoms. The molecule has 1 saturated heterocycles. The molecule has 0 unspecified atom stereocenters. The highest BCUT2D eigenvalue weighted by molar-refractivity contribution is 7.80. The maximum atomic E-state index is 4.54. The molecule has 1 nitrogen and oxygen atoms in total. The minimum atomic E-state index is 0.599. The molecule has 88 valence electrons. The van der Waals surface area contributed by atoms with Crippen LogP contribution in [0.1, 0.15) is 45.4 Å². The van der Waals surface area contributed by atoms with Crippen LogP contribution in [0.4, 0.5) is 0 Å². The summed E-state index contributed by atoms with van der Waals surface area (Å²) in [4.78, 5) is 2.70. The molecule has 15 heavy (non-hydrogen) atoms. The maximum absolute atomic E-state index is 4.54. The van der Waals surface area contributed by atoms with Crippen molar-refractivity contribution in [3.63, 3.8) is 0 Å². The van der Waals surface area contributed by atoms with Gasteiger partial charge < -0.3 is 4.90 Å². The van der Waals surface area contributed by atoms with Crippen molar-refractivity contribution in [3.8, 4) is 0 Å². The first-order chi connectivity index (χ1) is 7.28. The van der Waals surface area contributed by atoms with Gasteiger partial charge >= 0.3 is 0 Å². The first-order valence-corrected chi connectivity index (χ1v) is 7.24. The molecule has 1 heterocycles. The van der Waals surface area contributed by atoms with Crippen molar-refractivity contribution in [1.29, 1.82) is 0 Å². The Labute approximate surface area is 100 Å². The Hall–Kier alpha value is 0.310. The van der Waals surface area contributed by atoms with E-state index in [1.807, 2.05) is 0 Å². The van der Waals surface area contributed by atoms with E-state index in [-0.39, 0.29) is 0 Å². The Balaban J connectivity index is 1.76. The van der Waals surface area contributed by atoms with Crippen LogP contribution in [-0.4, -0.2) is 30.3 Å². The van der Waals surface area contributed by atoms with Crippen LogP contribution in [0.2, 0.25) is 0 Å². The monoisotopic (exact) mass is 227 g/mol. The summed E-state index contributed by atoms with van der Waals surface area (Å²) < 4.78 is 0. The molecule has 1 aliphatic carbocycles. The lowest BCUT2D eigenvalue weighted by molar-refractivity contribution is 0.0674. The first-order valence-electron chi connectivity index (χ1n) is 6.61. The zero-order valence-electron chi connectivity index (χ0n) is 10.0. The van der Waals surface area contributed by atoms with Gasteiger partial charge in [-0.15, -0.1) is 0 Å². The van der Waals surface area contributed by atoms with Gasteiger partial charge in [-0.05, 0) is 55.9 Å². The second-order valence-electron chi connectivity index (χ2n) is 5.64. The minimum Gasteiger partial charge on any atom is -0.303 e. The molecule has 0 N–H and O–H groups in total. The summed E-state index contributed by atoms with van der Waals surface area (Å²) in [6, 6.07) is 0. The van der Waals surface area contributed by atoms with Crippen LogP contribution < -0.4 is 0 Å². The van der Waals surface area contributed by atoms with Crippen molar-refractivity contribution < 1.29 is 0 Å². The van der Waals surface area contributed by atoms with Gasteiger partial charge in [-0.3, -0.25) is 0 Å². The Kier molecular flexibility index (Phi) is 4.00. The zero-order chi connectivity index (χ0) is 10.7. The van der Waals surface area contributed by atoms with Crippen LogP contribution in [0.15, 0.2) is 0 Å². The van der Waals surface area contributed by atoms with Gasteiger partial charge in [-0.1, -0.05) is 19.8 Å². The third-order valence-electron chi connectivity index (χ3n) is 4.59. The van der Waals surface area contributed by atoms with E-state index in [0.29, 0.717) is 5.41 Å². The van der Waals surface area contributed by atoms with Gasteiger partial charge in [-0.25, -0.2) is 0 Å². The molecule has 0 aromatic rings. The molecule has 0 aromatic heterocycles. The highest BCUT2D eigenvalue weighted by Gasteiger charge is 2.37. The topological polar surface area (TPSA) is 3.24 Å². The van der Waals surface area contributed by atoms with Crippen LogP contribution in [0.25, 0.3) is 0 Å². The smallest absolute Gasteiger partial charge is 0.00458 e. The van der Waals surface area contributed by atoms with Gasteiger partial charge in [0.2, 0.25) is 0 Å². The zero-order valence-corrected chi connectivity index (χ0v) is 10.9. The number of likely N-dealkylation sites (tertiary alicyclic amines) is 1. The predicted octanol–water partition coefficient (Wildman–Crippen LogP) is 3.21. The van der Waals surface area contributed by atoms with E-state index < -0.39 is 0 Å². The van der Waals surface area contributed by atoms with E-state index in [0.717, 1.165) is 11.7 Å². The fraction of sp³-hybridized carbons (Fsp3) is 1.00. The first kappa shape index (κ1) is 11.8. The van der Waals surface area contributed by atoms with Crippen molar-refractivity contribution in [2.45, 2.75) is 45.4 Å². The van der Waals surface area contributed by atoms with E-state index in [1.165, 1.54) is 58.2 Å². The number of rotatable bonds is 4. The van der Waals surface area contributed by atoms with E-state index in [1.54, 1.807) is 0 Å². The van der Waals surface area contributed by atoms with Gasteiger partial charge in [0.25, 0.3) is 0 Å². The summed E-state index contributed by atoms with van der Waals surface area (Å²) in [5, 5.41) is 0. The fourth-order valence-electron chi connectivity index (χ4n) is 3.07. The van der Waals surface area contributed by atoms with Crippen LogP contribution in [0, 0.1) is 11.3 Å². The van der Waals surface area contributed by atoms with E-state index in [4.69, 9.17) is 0 Å². The summed E-state index contributed by atoms with van der Waals surface area (Å²) in [5.41, 5.74) is 0.599. The van der Waals surface area contributed by atoms with Crippen LogP contribution in [0.3, 0.4) is 0 Å². The Bertz CT molecular complexity index is 187. The van der Waals surface area contributed by atoms with Crippen molar-refractivity contribution in [2.75, 3.05) is 25.4 Å². The second-order valence-corrected chi connectivity index (χ2v) is 5.96. The molecule has 2 fully saturated rings. The SMILES string of the molecule is CCC1CCN(CC2(CS)CCC2)CC1. The standard InChI is InChI=1S/C13H25NS/c1-2-12-4-8-14(9-5-12)10-13(11-15)6-3-7-13/h12,15H,2-11H2,1H3. The van der Waals surface area contributed by atoms with Crippen LogP contribution in [0.5, 0.6) is 0 Å². The predicted molar refractivity (Wildman–Crippen MR) is 69.6 cm³/mol. The third kappa shape index (κ3) is 2.71. The lowest BCUT2D eigenvalue weighted by Gasteiger charge is -2.46. The number of piperidine rings is 1. The van der Waals surface area contributed by atoms with Gasteiger partial charge in [0.05, 0.1) is 0 Å². The summed E-state index contributed by atoms with van der Waals surface area (Å²) >= 11 is 4.54. The molecule has 2 heteroatoms. The largest absolute Gasteiger partial charge is 0.303 e. The summed E-state index contributed by atoms with van der Waals surface area (Å²) in [7, 11) is 0. The Morgan fingerprint density at radius 1 is 1.27 bits per heavy atom. The molecular weight excluding hydrogens is 202 g/mol. The van der Waals surface area contributed by atoms with Gasteiger partial charge in [0, 0.05) is 6.54 Å². The highest BCUT2D eigenvalue weighted by atomic mass is 32.1. The van der Waals surface area contributed by atoms with E-state index in [9.17, 15) is 0 Å². The Morgan fingerprint density at radius 3 is 2.33 bits per heavy atom. The maximum Gasteiger partial charge on any atom is 0.00458 e. The average Bonchev–Trinajstić information content (AvgIpc) is 2.24. The lowest BCUT2D eigenvalue weighted by atomic mass is 9.69. The van der Waals surface area contributed by atoms with E-state index in [2.05, 4.69) is 24.5 Å². The molecule has 0 aromatic carbocycles. The third-order valence-corrected chi connectivity index (χ3v) is 5.26. The molecule has 0 radical (unpaired) electrons. The lowest BCUT2D eigenvalue weighted by Crippen LogP contribution is -2.46. The second kappa shape index (κ2) is 5.09. The van der Waals surface area contributed by atoms with E-state index >= 15 is 0 Å². The Morgan fingerprint density at radius 2 is 1.93 bits per heavy atom. The number of hydrogen-bond donors (Lipinski definition) is 1. The minimum absolute atomic E-state index is 0.599. The van der Waals surface area contributed by atoms with Crippen molar-refractivity contribution in [3.05, 3.63) is 0 Å². The number of hydrogen-bond acceptors (Lipinski definition) is 2. The summed E-state index contributed by atoms with van der Waals surface area (Å²) in [6.07, 6.45) is 8.52. The molecule has 1 saturated carbocycles. The van der Waals surface area contributed by atoms with Crippen LogP contribution >= 0.6 is 12.6 Å². The molecule has 1 aliphatic heterocycles. The molecule has 0 atom stereocenters. The highest BCUT2D eigenvalue weighted by Crippen LogP contribution is 2.42. The van der Waals surface area contributed by atoms with Crippen molar-refractivity contribution in [1.82, 2.24) is 4.90 Å². The summed E-state index contributed by atoms with van der Waals surface area (Å²) in [5.74, 6) is 2.11. The quantitative estimate of drug-likeness (QED) is 0.722. The van der Waals surface area contributed by atoms with Crippen molar-refractivity contribution in [2.24, 2.45) is 11.3 Å². The molecule has 2 aliphatic rings. The number of thiol groups is 1. The van der Waals surface area contributed by atoms with Gasteiger partial charge in [0.15, 0.2) is 0 Å². The van der Waals surface area contributed by atoms with Gasteiger partial charge in [0.1, 0.15) is 0 Å².